The van der Waals surface area contributed by atoms with Gasteiger partial charge in [-0.3, -0.25) is 9.59 Å². The van der Waals surface area contributed by atoms with Crippen molar-refractivity contribution in [3.8, 4) is 11.1 Å². The van der Waals surface area contributed by atoms with Crippen LogP contribution in [0.2, 0.25) is 0 Å². The van der Waals surface area contributed by atoms with Crippen LogP contribution in [-0.4, -0.2) is 53.2 Å². The number of likely N-dealkylation sites (tertiary alicyclic amines) is 1. The lowest BCUT2D eigenvalue weighted by molar-refractivity contribution is -0.142. The van der Waals surface area contributed by atoms with Crippen LogP contribution in [-0.2, 0) is 14.3 Å². The topological polar surface area (TPSA) is 95.9 Å². The number of nitrogens with zero attached hydrogens (tertiary/aromatic N) is 1. The maximum atomic E-state index is 12.8. The van der Waals surface area contributed by atoms with Crippen LogP contribution in [0.4, 0.5) is 4.79 Å². The number of carbonyl (C=O) groups is 3. The molecule has 2 atom stereocenters. The van der Waals surface area contributed by atoms with E-state index in [0.29, 0.717) is 13.0 Å². The Kier molecular flexibility index (Phi) is 6.96. The van der Waals surface area contributed by atoms with Gasteiger partial charge in [-0.2, -0.15) is 0 Å². The molecule has 174 valence electrons. The average molecular weight is 451 g/mol. The van der Waals surface area contributed by atoms with E-state index in [2.05, 4.69) is 29.6 Å². The molecule has 0 radical (unpaired) electrons. The van der Waals surface area contributed by atoms with E-state index in [1.807, 2.05) is 24.3 Å². The van der Waals surface area contributed by atoms with Gasteiger partial charge in [0.25, 0.3) is 0 Å². The van der Waals surface area contributed by atoms with Crippen molar-refractivity contribution in [2.75, 3.05) is 13.2 Å². The van der Waals surface area contributed by atoms with Crippen molar-refractivity contribution in [1.82, 2.24) is 10.2 Å². The van der Waals surface area contributed by atoms with Crippen LogP contribution < -0.4 is 5.32 Å². The molecule has 33 heavy (non-hydrogen) atoms. The third kappa shape index (κ3) is 5.18. The van der Waals surface area contributed by atoms with E-state index >= 15 is 0 Å². The molecular formula is C26H30N2O5. The quantitative estimate of drug-likeness (QED) is 0.660. The van der Waals surface area contributed by atoms with Gasteiger partial charge in [-0.25, -0.2) is 4.79 Å². The molecule has 1 unspecified atom stereocenters. The fraction of sp³-hybridized carbons (Fsp3) is 0.423. The summed E-state index contributed by atoms with van der Waals surface area (Å²) < 4.78 is 5.56. The van der Waals surface area contributed by atoms with Crippen LogP contribution in [0.15, 0.2) is 48.5 Å². The van der Waals surface area contributed by atoms with Crippen LogP contribution >= 0.6 is 0 Å². The first kappa shape index (κ1) is 22.8. The predicted molar refractivity (Wildman–Crippen MR) is 124 cm³/mol. The summed E-state index contributed by atoms with van der Waals surface area (Å²) in [5.41, 5.74) is 4.62. The molecule has 0 bridgehead atoms. The molecule has 2 N–H and O–H groups in total. The van der Waals surface area contributed by atoms with Crippen molar-refractivity contribution in [3.05, 3.63) is 59.7 Å². The summed E-state index contributed by atoms with van der Waals surface area (Å²) in [5.74, 6) is -1.05. The molecule has 7 nitrogen and oxygen atoms in total. The van der Waals surface area contributed by atoms with E-state index in [-0.39, 0.29) is 37.3 Å². The fourth-order valence-electron chi connectivity index (χ4n) is 5.01. The smallest absolute Gasteiger partial charge is 0.407 e. The molecule has 7 heteroatoms. The summed E-state index contributed by atoms with van der Waals surface area (Å²) in [7, 11) is 0. The standard InChI is InChI=1S/C26H30N2O5/c1-17(14-24(29)28-13-7-6-8-18(28)15-25(30)31)27-26(32)33-16-23-21-11-4-2-9-19(21)20-10-3-5-12-22(20)23/h2-5,9-12,17-18,23H,6-8,13-16H2,1H3,(H,27,32)(H,30,31)/t17?,18-/m0/s1. The Balaban J connectivity index is 1.31. The van der Waals surface area contributed by atoms with Crippen LogP contribution in [0.1, 0.15) is 56.1 Å². The number of hydrogen-bond acceptors (Lipinski definition) is 4. The first-order valence-corrected chi connectivity index (χ1v) is 11.6. The monoisotopic (exact) mass is 450 g/mol. The maximum absolute atomic E-state index is 12.8. The van der Waals surface area contributed by atoms with Gasteiger partial charge in [0, 0.05) is 31.0 Å². The number of carboxylic acids is 1. The van der Waals surface area contributed by atoms with Gasteiger partial charge in [0.05, 0.1) is 6.42 Å². The zero-order chi connectivity index (χ0) is 23.4. The average Bonchev–Trinajstić information content (AvgIpc) is 3.11. The van der Waals surface area contributed by atoms with Gasteiger partial charge in [0.15, 0.2) is 0 Å². The van der Waals surface area contributed by atoms with Crippen LogP contribution in [0.3, 0.4) is 0 Å². The number of nitrogens with one attached hydrogen (secondary N) is 1. The summed E-state index contributed by atoms with van der Waals surface area (Å²) >= 11 is 0. The minimum Gasteiger partial charge on any atom is -0.481 e. The molecule has 1 fully saturated rings. The van der Waals surface area contributed by atoms with E-state index < -0.39 is 18.1 Å². The van der Waals surface area contributed by atoms with Gasteiger partial charge < -0.3 is 20.1 Å². The highest BCUT2D eigenvalue weighted by molar-refractivity contribution is 5.80. The van der Waals surface area contributed by atoms with E-state index in [1.165, 1.54) is 11.1 Å². The van der Waals surface area contributed by atoms with Crippen molar-refractivity contribution < 1.29 is 24.2 Å². The van der Waals surface area contributed by atoms with Crippen LogP contribution in [0.25, 0.3) is 11.1 Å². The SMILES string of the molecule is CC(CC(=O)N1CCCC[C@H]1CC(=O)O)NC(=O)OCC1c2ccccc2-c2ccccc21. The van der Waals surface area contributed by atoms with Gasteiger partial charge in [-0.1, -0.05) is 48.5 Å². The van der Waals surface area contributed by atoms with Gasteiger partial charge in [-0.05, 0) is 48.4 Å². The van der Waals surface area contributed by atoms with Gasteiger partial charge >= 0.3 is 12.1 Å². The lowest BCUT2D eigenvalue weighted by Gasteiger charge is -2.35. The molecule has 1 saturated heterocycles. The number of hydrogen-bond donors (Lipinski definition) is 2. The highest BCUT2D eigenvalue weighted by Gasteiger charge is 2.31. The number of amides is 2. The van der Waals surface area contributed by atoms with Crippen LogP contribution in [0, 0.1) is 0 Å². The summed E-state index contributed by atoms with van der Waals surface area (Å²) in [6.45, 7) is 2.54. The summed E-state index contributed by atoms with van der Waals surface area (Å²) in [6.07, 6.45) is 2.01. The largest absolute Gasteiger partial charge is 0.481 e. The molecule has 2 aromatic rings. The third-order valence-electron chi connectivity index (χ3n) is 6.55. The molecule has 1 heterocycles. The number of carbonyl (C=O) groups excluding carboxylic acids is 2. The van der Waals surface area contributed by atoms with E-state index in [1.54, 1.807) is 11.8 Å². The Morgan fingerprint density at radius 2 is 1.70 bits per heavy atom. The number of ether oxygens (including phenoxy) is 1. The Labute approximate surface area is 193 Å². The fourth-order valence-corrected chi connectivity index (χ4v) is 5.01. The Hall–Kier alpha value is -3.35. The summed E-state index contributed by atoms with van der Waals surface area (Å²) in [5, 5.41) is 11.9. The lowest BCUT2D eigenvalue weighted by atomic mass is 9.98. The Morgan fingerprint density at radius 3 is 2.33 bits per heavy atom. The molecule has 0 aromatic heterocycles. The normalized spacial score (nSPS) is 18.2. The molecule has 2 aromatic carbocycles. The van der Waals surface area contributed by atoms with Crippen molar-refractivity contribution in [1.29, 1.82) is 0 Å². The predicted octanol–water partition coefficient (Wildman–Crippen LogP) is 4.16. The number of piperidine rings is 1. The second-order valence-corrected chi connectivity index (χ2v) is 8.91. The molecular weight excluding hydrogens is 420 g/mol. The number of fused-ring (bicyclic) bond motifs is 3. The Bertz CT molecular complexity index is 991. The maximum Gasteiger partial charge on any atom is 0.407 e. The third-order valence-corrected chi connectivity index (χ3v) is 6.55. The summed E-state index contributed by atoms with van der Waals surface area (Å²) in [6, 6.07) is 15.6. The molecule has 1 aliphatic heterocycles. The van der Waals surface area contributed by atoms with Crippen LogP contribution in [0.5, 0.6) is 0 Å². The van der Waals surface area contributed by atoms with E-state index in [0.717, 1.165) is 24.0 Å². The van der Waals surface area contributed by atoms with E-state index in [9.17, 15) is 14.4 Å². The van der Waals surface area contributed by atoms with E-state index in [4.69, 9.17) is 9.84 Å². The van der Waals surface area contributed by atoms with Gasteiger partial charge in [-0.15, -0.1) is 0 Å². The summed E-state index contributed by atoms with van der Waals surface area (Å²) in [4.78, 5) is 38.0. The zero-order valence-electron chi connectivity index (χ0n) is 18.8. The Morgan fingerprint density at radius 1 is 1.06 bits per heavy atom. The van der Waals surface area contributed by atoms with Crippen molar-refractivity contribution in [3.63, 3.8) is 0 Å². The first-order chi connectivity index (χ1) is 15.9. The van der Waals surface area contributed by atoms with Crippen molar-refractivity contribution in [2.24, 2.45) is 0 Å². The molecule has 2 aliphatic rings. The molecule has 0 spiro atoms. The number of rotatable bonds is 7. The zero-order valence-corrected chi connectivity index (χ0v) is 18.8. The minimum atomic E-state index is -0.899. The number of carboxylic acid groups (broad SMARTS) is 1. The number of benzene rings is 2. The second kappa shape index (κ2) is 10.1. The van der Waals surface area contributed by atoms with Crippen molar-refractivity contribution >= 4 is 18.0 Å². The second-order valence-electron chi connectivity index (χ2n) is 8.91. The van der Waals surface area contributed by atoms with Gasteiger partial charge in [0.1, 0.15) is 6.61 Å². The molecule has 4 rings (SSSR count). The molecule has 0 saturated carbocycles. The van der Waals surface area contributed by atoms with Gasteiger partial charge in [0.2, 0.25) is 5.91 Å². The lowest BCUT2D eigenvalue weighted by Crippen LogP contribution is -2.47. The highest BCUT2D eigenvalue weighted by Crippen LogP contribution is 2.44. The highest BCUT2D eigenvalue weighted by atomic mass is 16.5. The molecule has 2 amide bonds. The number of alkyl carbamates (subject to hydrolysis) is 1. The number of aliphatic carboxylic acids is 1. The first-order valence-electron chi connectivity index (χ1n) is 11.6. The molecule has 1 aliphatic carbocycles. The minimum absolute atomic E-state index is 0.0229. The van der Waals surface area contributed by atoms with Crippen molar-refractivity contribution in [2.45, 2.75) is 57.0 Å².